The Morgan fingerprint density at radius 2 is 1.84 bits per heavy atom. The zero-order chi connectivity index (χ0) is 22.7. The lowest BCUT2D eigenvalue weighted by Gasteiger charge is -2.28. The number of nitrogens with one attached hydrogen (secondary N) is 1. The topological polar surface area (TPSA) is 76.1 Å². The molecule has 1 saturated heterocycles. The number of ether oxygens (including phenoxy) is 1. The van der Waals surface area contributed by atoms with Crippen LogP contribution in [0.2, 0.25) is 0 Å². The molecule has 1 aliphatic rings. The van der Waals surface area contributed by atoms with Gasteiger partial charge < -0.3 is 15.0 Å². The van der Waals surface area contributed by atoms with Crippen molar-refractivity contribution in [2.24, 2.45) is 0 Å². The van der Waals surface area contributed by atoms with Gasteiger partial charge in [0.15, 0.2) is 17.5 Å². The van der Waals surface area contributed by atoms with Crippen molar-refractivity contribution >= 4 is 17.6 Å². The van der Waals surface area contributed by atoms with Crippen molar-refractivity contribution in [2.75, 3.05) is 23.3 Å². The first kappa shape index (κ1) is 21.7. The van der Waals surface area contributed by atoms with Crippen LogP contribution in [0.15, 0.2) is 36.5 Å². The molecule has 3 heterocycles. The minimum absolute atomic E-state index is 0.0362. The highest BCUT2D eigenvalue weighted by molar-refractivity contribution is 5.70. The lowest BCUT2D eigenvalue weighted by atomic mass is 10.1. The number of hydrogen-bond donors (Lipinski definition) is 1. The van der Waals surface area contributed by atoms with E-state index in [4.69, 9.17) is 0 Å². The molecule has 4 rings (SSSR count). The number of nitrogens with zero attached hydrogens (tertiary/aromatic N) is 5. The first-order valence-corrected chi connectivity index (χ1v) is 9.97. The van der Waals surface area contributed by atoms with Crippen molar-refractivity contribution in [1.82, 2.24) is 20.2 Å². The van der Waals surface area contributed by atoms with E-state index in [1.54, 1.807) is 30.0 Å². The van der Waals surface area contributed by atoms with Crippen LogP contribution in [-0.4, -0.2) is 46.0 Å². The van der Waals surface area contributed by atoms with Gasteiger partial charge in [0, 0.05) is 18.7 Å². The van der Waals surface area contributed by atoms with E-state index in [9.17, 15) is 17.6 Å². The molecule has 0 bridgehead atoms. The van der Waals surface area contributed by atoms with Gasteiger partial charge in [0.2, 0.25) is 5.95 Å². The van der Waals surface area contributed by atoms with Crippen LogP contribution in [0.5, 0.6) is 5.75 Å². The summed E-state index contributed by atoms with van der Waals surface area (Å²) in [6, 6.07) is 7.73. The predicted molar refractivity (Wildman–Crippen MR) is 110 cm³/mol. The molecule has 1 aliphatic heterocycles. The molecule has 0 saturated carbocycles. The Kier molecular flexibility index (Phi) is 6.33. The van der Waals surface area contributed by atoms with E-state index < -0.39 is 18.6 Å². The maximum atomic E-state index is 14.3. The summed E-state index contributed by atoms with van der Waals surface area (Å²) < 4.78 is 56.8. The van der Waals surface area contributed by atoms with Crippen molar-refractivity contribution in [3.63, 3.8) is 0 Å². The fourth-order valence-corrected chi connectivity index (χ4v) is 3.39. The Hall–Kier alpha value is -3.50. The molecule has 1 N–H and O–H groups in total. The van der Waals surface area contributed by atoms with Gasteiger partial charge in [-0.2, -0.15) is 18.9 Å². The first-order valence-electron chi connectivity index (χ1n) is 9.97. The molecule has 0 atom stereocenters. The fourth-order valence-electron chi connectivity index (χ4n) is 3.39. The van der Waals surface area contributed by atoms with E-state index in [2.05, 4.69) is 30.2 Å². The predicted octanol–water partition coefficient (Wildman–Crippen LogP) is 4.66. The van der Waals surface area contributed by atoms with Gasteiger partial charge in [-0.15, -0.1) is 5.10 Å². The quantitative estimate of drug-likeness (QED) is 0.550. The summed E-state index contributed by atoms with van der Waals surface area (Å²) in [7, 11) is 0. The smallest absolute Gasteiger partial charge is 0.387 e. The van der Waals surface area contributed by atoms with Crippen molar-refractivity contribution < 1.29 is 22.3 Å². The number of rotatable bonds is 6. The molecule has 0 radical (unpaired) electrons. The molecule has 0 unspecified atom stereocenters. The van der Waals surface area contributed by atoms with Gasteiger partial charge in [0.05, 0.1) is 11.9 Å². The number of aromatic nitrogens is 4. The second-order valence-corrected chi connectivity index (χ2v) is 7.28. The normalized spacial score (nSPS) is 14.6. The molecule has 7 nitrogen and oxygen atoms in total. The summed E-state index contributed by atoms with van der Waals surface area (Å²) in [4.78, 5) is 10.0. The third kappa shape index (κ3) is 5.04. The van der Waals surface area contributed by atoms with Gasteiger partial charge in [0.1, 0.15) is 11.9 Å². The first-order chi connectivity index (χ1) is 15.4. The van der Waals surface area contributed by atoms with Crippen LogP contribution in [0.25, 0.3) is 11.1 Å². The van der Waals surface area contributed by atoms with Gasteiger partial charge in [-0.1, -0.05) is 12.1 Å². The summed E-state index contributed by atoms with van der Waals surface area (Å²) in [5, 5.41) is 10.9. The highest BCUT2D eigenvalue weighted by atomic mass is 19.3. The van der Waals surface area contributed by atoms with Crippen molar-refractivity contribution in [2.45, 2.75) is 32.5 Å². The van der Waals surface area contributed by atoms with Gasteiger partial charge >= 0.3 is 6.61 Å². The fraction of sp³-hybridized carbons (Fsp3) is 0.333. The summed E-state index contributed by atoms with van der Waals surface area (Å²) in [6.45, 7) is -0.261. The highest BCUT2D eigenvalue weighted by Crippen LogP contribution is 2.28. The Balaban J connectivity index is 1.56. The third-order valence-corrected chi connectivity index (χ3v) is 5.05. The van der Waals surface area contributed by atoms with E-state index in [-0.39, 0.29) is 17.4 Å². The zero-order valence-electron chi connectivity index (χ0n) is 17.1. The summed E-state index contributed by atoms with van der Waals surface area (Å²) in [5.74, 6) is -0.178. The maximum Gasteiger partial charge on any atom is 0.387 e. The molecule has 3 aromatic rings. The molecular weight excluding hydrogens is 428 g/mol. The molecule has 2 aromatic heterocycles. The molecule has 1 aromatic carbocycles. The van der Waals surface area contributed by atoms with Crippen LogP contribution in [0.1, 0.15) is 18.5 Å². The molecule has 11 heteroatoms. The Labute approximate surface area is 181 Å². The van der Waals surface area contributed by atoms with Crippen molar-refractivity contribution in [3.05, 3.63) is 48.0 Å². The Morgan fingerprint density at radius 1 is 1.12 bits per heavy atom. The second kappa shape index (κ2) is 9.33. The summed E-state index contributed by atoms with van der Waals surface area (Å²) >= 11 is 0. The van der Waals surface area contributed by atoms with E-state index >= 15 is 0 Å². The van der Waals surface area contributed by atoms with Crippen LogP contribution < -0.4 is 15.0 Å². The van der Waals surface area contributed by atoms with Gasteiger partial charge in [-0.25, -0.2) is 13.8 Å². The molecule has 168 valence electrons. The maximum absolute atomic E-state index is 14.3. The number of hydrogen-bond acceptors (Lipinski definition) is 7. The number of piperidine rings is 1. The number of anilines is 3. The van der Waals surface area contributed by atoms with Crippen molar-refractivity contribution in [3.8, 4) is 16.9 Å². The molecule has 1 fully saturated rings. The minimum Gasteiger partial charge on any atom is -0.435 e. The number of benzene rings is 1. The lowest BCUT2D eigenvalue weighted by molar-refractivity contribution is -0.0498. The monoisotopic (exact) mass is 448 g/mol. The van der Waals surface area contributed by atoms with Gasteiger partial charge in [-0.3, -0.25) is 0 Å². The average Bonchev–Trinajstić information content (AvgIpc) is 2.77. The number of aryl methyl sites for hydroxylation is 1. The minimum atomic E-state index is -2.91. The molecule has 0 spiro atoms. The molecule has 32 heavy (non-hydrogen) atoms. The molecule has 0 amide bonds. The van der Waals surface area contributed by atoms with Crippen LogP contribution in [0, 0.1) is 12.7 Å². The van der Waals surface area contributed by atoms with E-state index in [0.29, 0.717) is 48.7 Å². The largest absolute Gasteiger partial charge is 0.435 e. The van der Waals surface area contributed by atoms with Crippen LogP contribution in [-0.2, 0) is 0 Å². The van der Waals surface area contributed by atoms with Gasteiger partial charge in [-0.05, 0) is 43.5 Å². The lowest BCUT2D eigenvalue weighted by Crippen LogP contribution is -2.35. The zero-order valence-corrected chi connectivity index (χ0v) is 17.1. The SMILES string of the molecule is Cc1nnc(Nc2nc(N3CCC(F)CC3)ncc2F)cc1-c1ccc(OC(F)F)cc1. The van der Waals surface area contributed by atoms with Crippen LogP contribution in [0.4, 0.5) is 35.1 Å². The Bertz CT molecular complexity index is 1070. The standard InChI is InChI=1S/C21H20F4N6O/c1-12-16(13-2-4-15(5-3-13)32-20(24)25)10-18(30-29-12)27-19-17(23)11-26-21(28-19)31-8-6-14(22)7-9-31/h2-5,10-11,14,20H,6-9H2,1H3,(H,26,27,28,30). The third-order valence-electron chi connectivity index (χ3n) is 5.05. The summed E-state index contributed by atoms with van der Waals surface area (Å²) in [6.07, 6.45) is 0.951. The average molecular weight is 448 g/mol. The summed E-state index contributed by atoms with van der Waals surface area (Å²) in [5.41, 5.74) is 1.96. The Morgan fingerprint density at radius 3 is 2.53 bits per heavy atom. The van der Waals surface area contributed by atoms with Gasteiger partial charge in [0.25, 0.3) is 0 Å². The molecular formula is C21H20F4N6O. The van der Waals surface area contributed by atoms with E-state index in [1.807, 2.05) is 0 Å². The van der Waals surface area contributed by atoms with Crippen LogP contribution in [0.3, 0.4) is 0 Å². The number of halogens is 4. The van der Waals surface area contributed by atoms with Crippen molar-refractivity contribution in [1.29, 1.82) is 0 Å². The second-order valence-electron chi connectivity index (χ2n) is 7.28. The molecule has 0 aliphatic carbocycles. The van der Waals surface area contributed by atoms with Crippen LogP contribution >= 0.6 is 0 Å². The van der Waals surface area contributed by atoms with E-state index in [0.717, 1.165) is 6.20 Å². The number of alkyl halides is 3. The van der Waals surface area contributed by atoms with E-state index in [1.165, 1.54) is 12.1 Å². The highest BCUT2D eigenvalue weighted by Gasteiger charge is 2.21.